The van der Waals surface area contributed by atoms with E-state index in [1.54, 1.807) is 0 Å². The molecule has 0 aromatic heterocycles. The molecule has 0 aliphatic carbocycles. The maximum atomic E-state index is 9.25. The van der Waals surface area contributed by atoms with Gasteiger partial charge in [-0.3, -0.25) is 0 Å². The lowest BCUT2D eigenvalue weighted by atomic mass is 10.1. The second kappa shape index (κ2) is 8.66. The molecule has 0 saturated heterocycles. The van der Waals surface area contributed by atoms with Crippen LogP contribution >= 0.6 is 12.2 Å². The standard InChI is InChI=1S/C14H18O3S/c1-2-12(15)8-6-7-11-16-14(18)17-13-9-4-3-5-10-13/h2-5,9-10,12,15H,1,6-8,11H2. The normalized spacial score (nSPS) is 11.6. The first-order chi connectivity index (χ1) is 8.72. The Balaban J connectivity index is 2.09. The van der Waals surface area contributed by atoms with Gasteiger partial charge in [-0.05, 0) is 31.4 Å². The zero-order valence-corrected chi connectivity index (χ0v) is 11.1. The zero-order valence-electron chi connectivity index (χ0n) is 10.2. The first-order valence-corrected chi connectivity index (χ1v) is 6.33. The summed E-state index contributed by atoms with van der Waals surface area (Å²) in [5.74, 6) is 0.671. The van der Waals surface area contributed by atoms with E-state index in [9.17, 15) is 5.11 Å². The molecule has 0 amide bonds. The highest BCUT2D eigenvalue weighted by molar-refractivity contribution is 7.79. The highest BCUT2D eigenvalue weighted by atomic mass is 32.1. The summed E-state index contributed by atoms with van der Waals surface area (Å²) in [5, 5.41) is 9.38. The summed E-state index contributed by atoms with van der Waals surface area (Å²) >= 11 is 4.95. The summed E-state index contributed by atoms with van der Waals surface area (Å²) in [6.07, 6.45) is 3.48. The fourth-order valence-electron chi connectivity index (χ4n) is 1.34. The molecule has 1 atom stereocenters. The predicted molar refractivity (Wildman–Crippen MR) is 75.7 cm³/mol. The molecule has 0 aliphatic heterocycles. The highest BCUT2D eigenvalue weighted by Crippen LogP contribution is 2.09. The quantitative estimate of drug-likeness (QED) is 0.467. The number of unbranched alkanes of at least 4 members (excludes halogenated alkanes) is 1. The molecule has 1 aromatic rings. The molecule has 4 heteroatoms. The molecule has 1 aromatic carbocycles. The average Bonchev–Trinajstić information content (AvgIpc) is 2.39. The van der Waals surface area contributed by atoms with Crippen LogP contribution in [0.5, 0.6) is 5.75 Å². The van der Waals surface area contributed by atoms with Gasteiger partial charge in [-0.15, -0.1) is 6.58 Å². The molecule has 1 N–H and O–H groups in total. The van der Waals surface area contributed by atoms with Gasteiger partial charge >= 0.3 is 5.24 Å². The largest absolute Gasteiger partial charge is 0.457 e. The van der Waals surface area contributed by atoms with Crippen LogP contribution in [-0.2, 0) is 4.74 Å². The van der Waals surface area contributed by atoms with Crippen LogP contribution in [0.1, 0.15) is 19.3 Å². The number of benzene rings is 1. The fourth-order valence-corrected chi connectivity index (χ4v) is 1.52. The van der Waals surface area contributed by atoms with Crippen LogP contribution in [0.25, 0.3) is 0 Å². The van der Waals surface area contributed by atoms with Crippen molar-refractivity contribution in [3.63, 3.8) is 0 Å². The van der Waals surface area contributed by atoms with E-state index >= 15 is 0 Å². The maximum Gasteiger partial charge on any atom is 0.357 e. The Hall–Kier alpha value is -1.39. The van der Waals surface area contributed by atoms with Crippen molar-refractivity contribution in [2.45, 2.75) is 25.4 Å². The predicted octanol–water partition coefficient (Wildman–Crippen LogP) is 3.08. The molecular weight excluding hydrogens is 248 g/mol. The molecule has 0 radical (unpaired) electrons. The van der Waals surface area contributed by atoms with E-state index in [-0.39, 0.29) is 5.24 Å². The smallest absolute Gasteiger partial charge is 0.357 e. The van der Waals surface area contributed by atoms with Gasteiger partial charge in [0.25, 0.3) is 0 Å². The van der Waals surface area contributed by atoms with E-state index < -0.39 is 6.10 Å². The molecule has 1 rings (SSSR count). The molecule has 1 unspecified atom stereocenters. The number of para-hydroxylation sites is 1. The molecule has 0 spiro atoms. The monoisotopic (exact) mass is 266 g/mol. The molecule has 3 nitrogen and oxygen atoms in total. The number of rotatable bonds is 7. The minimum Gasteiger partial charge on any atom is -0.457 e. The number of aliphatic hydroxyl groups excluding tert-OH is 1. The molecule has 0 saturated carbocycles. The van der Waals surface area contributed by atoms with Crippen LogP contribution in [0.2, 0.25) is 0 Å². The Morgan fingerprint density at radius 1 is 1.33 bits per heavy atom. The van der Waals surface area contributed by atoms with E-state index in [0.29, 0.717) is 18.8 Å². The third-order valence-electron chi connectivity index (χ3n) is 2.33. The van der Waals surface area contributed by atoms with Gasteiger partial charge in [0, 0.05) is 12.2 Å². The van der Waals surface area contributed by atoms with Crippen LogP contribution in [-0.4, -0.2) is 23.1 Å². The minimum atomic E-state index is -0.433. The topological polar surface area (TPSA) is 38.7 Å². The van der Waals surface area contributed by atoms with Gasteiger partial charge in [0.2, 0.25) is 0 Å². The van der Waals surface area contributed by atoms with Crippen molar-refractivity contribution in [1.82, 2.24) is 0 Å². The van der Waals surface area contributed by atoms with Crippen LogP contribution in [0.3, 0.4) is 0 Å². The van der Waals surface area contributed by atoms with Gasteiger partial charge in [-0.25, -0.2) is 0 Å². The van der Waals surface area contributed by atoms with Gasteiger partial charge in [0.05, 0.1) is 12.7 Å². The first kappa shape index (κ1) is 14.7. The molecule has 0 aliphatic rings. The molecule has 18 heavy (non-hydrogen) atoms. The summed E-state index contributed by atoms with van der Waals surface area (Å²) in [5.41, 5.74) is 0. The molecule has 0 heterocycles. The third-order valence-corrected chi connectivity index (χ3v) is 2.53. The van der Waals surface area contributed by atoms with Crippen molar-refractivity contribution in [2.75, 3.05) is 6.61 Å². The van der Waals surface area contributed by atoms with Crippen molar-refractivity contribution >= 4 is 17.5 Å². The maximum absolute atomic E-state index is 9.25. The minimum absolute atomic E-state index is 0.130. The lowest BCUT2D eigenvalue weighted by molar-refractivity contribution is 0.197. The summed E-state index contributed by atoms with van der Waals surface area (Å²) in [6.45, 7) is 4.01. The van der Waals surface area contributed by atoms with Gasteiger partial charge < -0.3 is 14.6 Å². The van der Waals surface area contributed by atoms with E-state index in [0.717, 1.165) is 12.8 Å². The van der Waals surface area contributed by atoms with Crippen molar-refractivity contribution in [1.29, 1.82) is 0 Å². The SMILES string of the molecule is C=CC(O)CCCCOC(=S)Oc1ccccc1. The Morgan fingerprint density at radius 3 is 2.72 bits per heavy atom. The molecular formula is C14H18O3S. The van der Waals surface area contributed by atoms with Gasteiger partial charge in [0.1, 0.15) is 5.75 Å². The van der Waals surface area contributed by atoms with Crippen molar-refractivity contribution in [3.05, 3.63) is 43.0 Å². The molecule has 0 fully saturated rings. The van der Waals surface area contributed by atoms with Gasteiger partial charge in [-0.1, -0.05) is 24.3 Å². The second-order valence-electron chi connectivity index (χ2n) is 3.81. The summed E-state index contributed by atoms with van der Waals surface area (Å²) < 4.78 is 10.6. The van der Waals surface area contributed by atoms with Crippen LogP contribution in [0.15, 0.2) is 43.0 Å². The lowest BCUT2D eigenvalue weighted by Gasteiger charge is -2.09. The second-order valence-corrected chi connectivity index (χ2v) is 4.15. The van der Waals surface area contributed by atoms with Gasteiger partial charge in [-0.2, -0.15) is 0 Å². The van der Waals surface area contributed by atoms with Crippen LogP contribution in [0, 0.1) is 0 Å². The number of aliphatic hydroxyl groups is 1. The summed E-state index contributed by atoms with van der Waals surface area (Å²) in [6, 6.07) is 9.27. The third kappa shape index (κ3) is 6.37. The Kier molecular flexibility index (Phi) is 7.06. The molecule has 0 bridgehead atoms. The summed E-state index contributed by atoms with van der Waals surface area (Å²) in [7, 11) is 0. The Labute approximate surface area is 113 Å². The highest BCUT2D eigenvalue weighted by Gasteiger charge is 2.02. The molecule has 98 valence electrons. The lowest BCUT2D eigenvalue weighted by Crippen LogP contribution is -2.11. The number of ether oxygens (including phenoxy) is 2. The van der Waals surface area contributed by atoms with E-state index in [1.165, 1.54) is 6.08 Å². The number of thiocarbonyl (C=S) groups is 1. The average molecular weight is 266 g/mol. The number of hydrogen-bond acceptors (Lipinski definition) is 4. The van der Waals surface area contributed by atoms with E-state index in [1.807, 2.05) is 30.3 Å². The fraction of sp³-hybridized carbons (Fsp3) is 0.357. The van der Waals surface area contributed by atoms with Crippen molar-refractivity contribution < 1.29 is 14.6 Å². The summed E-state index contributed by atoms with van der Waals surface area (Å²) in [4.78, 5) is 0. The van der Waals surface area contributed by atoms with Gasteiger partial charge in [0.15, 0.2) is 0 Å². The Bertz CT molecular complexity index is 365. The Morgan fingerprint density at radius 2 is 2.06 bits per heavy atom. The first-order valence-electron chi connectivity index (χ1n) is 5.92. The van der Waals surface area contributed by atoms with Crippen LogP contribution < -0.4 is 4.74 Å². The van der Waals surface area contributed by atoms with E-state index in [4.69, 9.17) is 21.7 Å². The zero-order chi connectivity index (χ0) is 13.2. The number of hydrogen-bond donors (Lipinski definition) is 1. The van der Waals surface area contributed by atoms with Crippen molar-refractivity contribution in [2.24, 2.45) is 0 Å². The van der Waals surface area contributed by atoms with Crippen molar-refractivity contribution in [3.8, 4) is 5.75 Å². The van der Waals surface area contributed by atoms with Crippen LogP contribution in [0.4, 0.5) is 0 Å². The van der Waals surface area contributed by atoms with E-state index in [2.05, 4.69) is 6.58 Å².